The highest BCUT2D eigenvalue weighted by Crippen LogP contribution is 2.31. The van der Waals surface area contributed by atoms with Gasteiger partial charge in [-0.25, -0.2) is 0 Å². The molecular formula is C30H46O7. The highest BCUT2D eigenvalue weighted by molar-refractivity contribution is 5.14. The molecule has 37 heavy (non-hydrogen) atoms. The minimum absolute atomic E-state index is 0.108. The predicted molar refractivity (Wildman–Crippen MR) is 145 cm³/mol. The van der Waals surface area contributed by atoms with E-state index in [0.717, 1.165) is 11.1 Å². The minimum Gasteiger partial charge on any atom is -0.389 e. The van der Waals surface area contributed by atoms with Crippen molar-refractivity contribution in [3.05, 3.63) is 72.4 Å². The van der Waals surface area contributed by atoms with Crippen LogP contribution in [0, 0.1) is 5.92 Å². The van der Waals surface area contributed by atoms with Crippen molar-refractivity contribution in [2.24, 2.45) is 5.92 Å². The van der Waals surface area contributed by atoms with E-state index >= 15 is 0 Å². The zero-order valence-corrected chi connectivity index (χ0v) is 23.2. The molecule has 1 fully saturated rings. The van der Waals surface area contributed by atoms with Crippen molar-refractivity contribution in [2.75, 3.05) is 28.1 Å². The van der Waals surface area contributed by atoms with Gasteiger partial charge in [0.2, 0.25) is 0 Å². The van der Waals surface area contributed by atoms with Gasteiger partial charge in [-0.15, -0.1) is 6.58 Å². The molecule has 0 bridgehead atoms. The predicted octanol–water partition coefficient (Wildman–Crippen LogP) is 4.84. The van der Waals surface area contributed by atoms with E-state index in [9.17, 15) is 5.11 Å². The molecular weight excluding hydrogens is 472 g/mol. The Bertz CT molecular complexity index is 824. The van der Waals surface area contributed by atoms with Gasteiger partial charge < -0.3 is 33.5 Å². The lowest BCUT2D eigenvalue weighted by Crippen LogP contribution is -2.30. The van der Waals surface area contributed by atoms with Gasteiger partial charge in [0.25, 0.3) is 0 Å². The molecule has 208 valence electrons. The fourth-order valence-corrected chi connectivity index (χ4v) is 4.42. The Kier molecular flexibility index (Phi) is 14.3. The molecule has 2 rings (SSSR count). The third kappa shape index (κ3) is 10.1. The van der Waals surface area contributed by atoms with Crippen LogP contribution >= 0.6 is 0 Å². The standard InChI is InChI=1S/C30H46O7/c1-8-12-26(36-20-32-5)21(2)17-30-29(34-7)18-28(37-30)22(3)25(31)15-16-27(33-6)23(4)35-19-24-13-10-9-11-14-24/h8-11,13-17,22-23,25-31H,1,12,18-20H2,2-7H3/b16-15+,21-17-/t22-,23-,25+,26+,27+,28+,29-,30-/m0/s1. The molecule has 1 aliphatic rings. The van der Waals surface area contributed by atoms with E-state index in [0.29, 0.717) is 19.4 Å². The maximum absolute atomic E-state index is 10.9. The zero-order chi connectivity index (χ0) is 27.2. The maximum atomic E-state index is 10.9. The highest BCUT2D eigenvalue weighted by atomic mass is 16.7. The Labute approximate surface area is 223 Å². The monoisotopic (exact) mass is 518 g/mol. The summed E-state index contributed by atoms with van der Waals surface area (Å²) in [5.41, 5.74) is 2.14. The number of hydrogen-bond donors (Lipinski definition) is 1. The number of ether oxygens (including phenoxy) is 6. The van der Waals surface area contributed by atoms with Crippen molar-refractivity contribution in [2.45, 2.75) is 82.9 Å². The van der Waals surface area contributed by atoms with Gasteiger partial charge in [-0.05, 0) is 31.4 Å². The number of aliphatic hydroxyl groups is 1. The van der Waals surface area contributed by atoms with Gasteiger partial charge in [0, 0.05) is 33.7 Å². The van der Waals surface area contributed by atoms with E-state index in [1.807, 2.05) is 63.3 Å². The molecule has 1 N–H and O–H groups in total. The summed E-state index contributed by atoms with van der Waals surface area (Å²) in [6.45, 7) is 10.5. The van der Waals surface area contributed by atoms with Crippen LogP contribution in [0.3, 0.4) is 0 Å². The van der Waals surface area contributed by atoms with E-state index in [2.05, 4.69) is 12.7 Å². The fraction of sp³-hybridized carbons (Fsp3) is 0.600. The Morgan fingerprint density at radius 3 is 2.49 bits per heavy atom. The third-order valence-corrected chi connectivity index (χ3v) is 6.88. The molecule has 1 heterocycles. The van der Waals surface area contributed by atoms with Crippen LogP contribution in [-0.2, 0) is 35.0 Å². The van der Waals surface area contributed by atoms with Crippen molar-refractivity contribution in [1.29, 1.82) is 0 Å². The van der Waals surface area contributed by atoms with Crippen molar-refractivity contribution < 1.29 is 33.5 Å². The van der Waals surface area contributed by atoms with E-state index in [4.69, 9.17) is 28.4 Å². The smallest absolute Gasteiger partial charge is 0.147 e. The van der Waals surface area contributed by atoms with E-state index < -0.39 is 6.10 Å². The minimum atomic E-state index is -0.705. The average molecular weight is 519 g/mol. The summed E-state index contributed by atoms with van der Waals surface area (Å²) in [4.78, 5) is 0. The number of methoxy groups -OCH3 is 3. The molecule has 1 aliphatic heterocycles. The van der Waals surface area contributed by atoms with Crippen LogP contribution in [0.25, 0.3) is 0 Å². The highest BCUT2D eigenvalue weighted by Gasteiger charge is 2.39. The van der Waals surface area contributed by atoms with Crippen LogP contribution in [0.1, 0.15) is 39.2 Å². The van der Waals surface area contributed by atoms with Crippen LogP contribution < -0.4 is 0 Å². The lowest BCUT2D eigenvalue weighted by molar-refractivity contribution is -0.0590. The van der Waals surface area contributed by atoms with Gasteiger partial charge in [-0.2, -0.15) is 0 Å². The van der Waals surface area contributed by atoms with Gasteiger partial charge in [0.1, 0.15) is 19.0 Å². The quantitative estimate of drug-likeness (QED) is 0.234. The second kappa shape index (κ2) is 16.9. The SMILES string of the molecule is C=CC[C@@H](OCOC)/C(C)=C\[C@@H]1O[C@@H]([C@@H](C)[C@H](O)/C=C/[C@@H](OC)[C@H](C)OCc2ccccc2)C[C@@H]1OC. The van der Waals surface area contributed by atoms with Crippen LogP contribution in [0.4, 0.5) is 0 Å². The topological polar surface area (TPSA) is 75.6 Å². The third-order valence-electron chi connectivity index (χ3n) is 6.88. The van der Waals surface area contributed by atoms with Gasteiger partial charge in [-0.3, -0.25) is 0 Å². The Balaban J connectivity index is 1.97. The van der Waals surface area contributed by atoms with E-state index in [1.54, 1.807) is 27.4 Å². The fourth-order valence-electron chi connectivity index (χ4n) is 4.42. The second-order valence-electron chi connectivity index (χ2n) is 9.58. The Morgan fingerprint density at radius 2 is 1.86 bits per heavy atom. The maximum Gasteiger partial charge on any atom is 0.147 e. The molecule has 0 spiro atoms. The summed E-state index contributed by atoms with van der Waals surface area (Å²) in [5, 5.41) is 10.9. The number of benzene rings is 1. The molecule has 0 unspecified atom stereocenters. The molecule has 0 aromatic heterocycles. The van der Waals surface area contributed by atoms with Crippen molar-refractivity contribution in [1.82, 2.24) is 0 Å². The molecule has 1 aromatic rings. The first-order valence-electron chi connectivity index (χ1n) is 13.0. The molecule has 0 saturated carbocycles. The van der Waals surface area contributed by atoms with Gasteiger partial charge in [-0.1, -0.05) is 61.6 Å². The van der Waals surface area contributed by atoms with Crippen LogP contribution in [0.15, 0.2) is 66.8 Å². The largest absolute Gasteiger partial charge is 0.389 e. The number of hydrogen-bond acceptors (Lipinski definition) is 7. The summed E-state index contributed by atoms with van der Waals surface area (Å²) >= 11 is 0. The van der Waals surface area contributed by atoms with Gasteiger partial charge in [0.05, 0.1) is 37.1 Å². The molecule has 8 atom stereocenters. The molecule has 1 aromatic carbocycles. The molecule has 0 aliphatic carbocycles. The number of aliphatic hydroxyl groups excluding tert-OH is 1. The van der Waals surface area contributed by atoms with Crippen molar-refractivity contribution in [3.63, 3.8) is 0 Å². The summed E-state index contributed by atoms with van der Waals surface area (Å²) in [7, 11) is 4.94. The van der Waals surface area contributed by atoms with Crippen LogP contribution in [0.5, 0.6) is 0 Å². The van der Waals surface area contributed by atoms with Crippen LogP contribution in [-0.4, -0.2) is 76.0 Å². The molecule has 1 saturated heterocycles. The molecule has 7 heteroatoms. The first-order chi connectivity index (χ1) is 17.8. The van der Waals surface area contributed by atoms with Crippen LogP contribution in [0.2, 0.25) is 0 Å². The van der Waals surface area contributed by atoms with Gasteiger partial charge in [0.15, 0.2) is 0 Å². The molecule has 7 nitrogen and oxygen atoms in total. The zero-order valence-electron chi connectivity index (χ0n) is 23.2. The second-order valence-corrected chi connectivity index (χ2v) is 9.58. The van der Waals surface area contributed by atoms with Gasteiger partial charge >= 0.3 is 0 Å². The summed E-state index contributed by atoms with van der Waals surface area (Å²) < 4.78 is 34.5. The van der Waals surface area contributed by atoms with Crippen molar-refractivity contribution >= 4 is 0 Å². The van der Waals surface area contributed by atoms with Crippen molar-refractivity contribution in [3.8, 4) is 0 Å². The molecule has 0 radical (unpaired) electrons. The number of rotatable bonds is 17. The normalized spacial score (nSPS) is 24.6. The molecule has 0 amide bonds. The Hall–Kier alpha value is -1.84. The first-order valence-corrected chi connectivity index (χ1v) is 13.0. The summed E-state index contributed by atoms with van der Waals surface area (Å²) in [6, 6.07) is 10.0. The first kappa shape index (κ1) is 31.4. The lowest BCUT2D eigenvalue weighted by Gasteiger charge is -2.24. The Morgan fingerprint density at radius 1 is 1.14 bits per heavy atom. The van der Waals surface area contributed by atoms with E-state index in [1.165, 1.54) is 0 Å². The lowest BCUT2D eigenvalue weighted by atomic mass is 9.94. The van der Waals surface area contributed by atoms with E-state index in [-0.39, 0.29) is 49.3 Å². The summed E-state index contributed by atoms with van der Waals surface area (Å²) in [5.74, 6) is -0.139. The summed E-state index contributed by atoms with van der Waals surface area (Å²) in [6.07, 6.45) is 7.09. The average Bonchev–Trinajstić information content (AvgIpc) is 3.32.